The lowest BCUT2D eigenvalue weighted by Gasteiger charge is -2.39. The van der Waals surface area contributed by atoms with Crippen molar-refractivity contribution in [1.82, 2.24) is 4.90 Å². The van der Waals surface area contributed by atoms with Gasteiger partial charge < -0.3 is 25.6 Å². The molecule has 9 heteroatoms. The predicted octanol–water partition coefficient (Wildman–Crippen LogP) is -1.55. The minimum atomic E-state index is -2.25. The Labute approximate surface area is 131 Å². The third kappa shape index (κ3) is 1.36. The van der Waals surface area contributed by atoms with Gasteiger partial charge in [0.15, 0.2) is 11.4 Å². The minimum Gasteiger partial charge on any atom is -0.480 e. The molecular weight excluding hydrogens is 308 g/mol. The molecule has 4 N–H and O–H groups in total. The van der Waals surface area contributed by atoms with E-state index in [1.165, 1.54) is 7.11 Å². The van der Waals surface area contributed by atoms with Gasteiger partial charge in [-0.25, -0.2) is 4.79 Å². The molecular formula is C14H18N2O7. The summed E-state index contributed by atoms with van der Waals surface area (Å²) in [4.78, 5) is 50.0. The fourth-order valence-corrected chi connectivity index (χ4v) is 4.47. The van der Waals surface area contributed by atoms with Crippen LogP contribution >= 0.6 is 0 Å². The molecule has 0 radical (unpaired) electrons. The van der Waals surface area contributed by atoms with Gasteiger partial charge in [0.2, 0.25) is 5.54 Å². The molecule has 2 aliphatic heterocycles. The molecule has 2 unspecified atom stereocenters. The Balaban J connectivity index is 2.20. The number of ketones is 1. The number of Topliss-reactive ketones (excluding diaryl/α,β-unsaturated/α-hetero) is 1. The standard InChI is InChI=1S/C14H18N2O7/c1-11(2)6-7(17)13(10(21)22)4-12(15,9(19)20)5-16(13)8(18)14(6,11)23-3/h6H,4-5,15H2,1-3H3,(H,19,20)(H,21,22)/t6?,12-,13+,14?/m1/s1. The van der Waals surface area contributed by atoms with Crippen molar-refractivity contribution < 1.29 is 34.1 Å². The maximum Gasteiger partial charge on any atom is 0.337 e. The monoisotopic (exact) mass is 326 g/mol. The number of carboxylic acid groups (broad SMARTS) is 2. The topological polar surface area (TPSA) is 147 Å². The zero-order valence-corrected chi connectivity index (χ0v) is 13.0. The van der Waals surface area contributed by atoms with Crippen LogP contribution in [0.2, 0.25) is 0 Å². The molecule has 9 nitrogen and oxygen atoms in total. The summed E-state index contributed by atoms with van der Waals surface area (Å²) in [5.41, 5.74) is -0.770. The van der Waals surface area contributed by atoms with E-state index in [-0.39, 0.29) is 0 Å². The maximum atomic E-state index is 12.9. The van der Waals surface area contributed by atoms with Crippen molar-refractivity contribution in [3.8, 4) is 0 Å². The van der Waals surface area contributed by atoms with Gasteiger partial charge in [0.05, 0.1) is 12.5 Å². The molecule has 1 amide bonds. The van der Waals surface area contributed by atoms with Crippen molar-refractivity contribution in [2.75, 3.05) is 13.7 Å². The summed E-state index contributed by atoms with van der Waals surface area (Å²) >= 11 is 0. The molecule has 3 rings (SSSR count). The summed E-state index contributed by atoms with van der Waals surface area (Å²) in [5, 5.41) is 19.0. The van der Waals surface area contributed by atoms with Gasteiger partial charge in [0.25, 0.3) is 5.91 Å². The predicted molar refractivity (Wildman–Crippen MR) is 73.3 cm³/mol. The molecule has 1 aliphatic carbocycles. The second-order valence-electron chi connectivity index (χ2n) is 7.15. The first-order chi connectivity index (χ1) is 10.4. The van der Waals surface area contributed by atoms with Crippen LogP contribution < -0.4 is 5.73 Å². The molecule has 0 aromatic carbocycles. The highest BCUT2D eigenvalue weighted by Crippen LogP contribution is 2.69. The van der Waals surface area contributed by atoms with E-state index in [1.54, 1.807) is 13.8 Å². The normalized spacial score (nSPS) is 43.8. The van der Waals surface area contributed by atoms with E-state index in [9.17, 15) is 29.4 Å². The largest absolute Gasteiger partial charge is 0.480 e. The van der Waals surface area contributed by atoms with Gasteiger partial charge in [-0.1, -0.05) is 13.8 Å². The second-order valence-corrected chi connectivity index (χ2v) is 7.15. The van der Waals surface area contributed by atoms with Crippen molar-refractivity contribution >= 4 is 23.6 Å². The molecule has 2 heterocycles. The van der Waals surface area contributed by atoms with Gasteiger partial charge in [-0.15, -0.1) is 0 Å². The first-order valence-electron chi connectivity index (χ1n) is 7.10. The molecule has 23 heavy (non-hydrogen) atoms. The number of hydrogen-bond donors (Lipinski definition) is 3. The Morgan fingerprint density at radius 1 is 1.26 bits per heavy atom. The highest BCUT2D eigenvalue weighted by molar-refractivity contribution is 6.21. The molecule has 1 saturated carbocycles. The highest BCUT2D eigenvalue weighted by atomic mass is 16.5. The Morgan fingerprint density at radius 3 is 2.26 bits per heavy atom. The van der Waals surface area contributed by atoms with Crippen molar-refractivity contribution in [2.45, 2.75) is 36.9 Å². The Morgan fingerprint density at radius 2 is 1.83 bits per heavy atom. The van der Waals surface area contributed by atoms with Gasteiger partial charge in [0.1, 0.15) is 5.54 Å². The molecule has 3 aliphatic rings. The van der Waals surface area contributed by atoms with E-state index in [2.05, 4.69) is 0 Å². The summed E-state index contributed by atoms with van der Waals surface area (Å²) in [6.07, 6.45) is -0.651. The van der Waals surface area contributed by atoms with Crippen LogP contribution in [0, 0.1) is 11.3 Å². The van der Waals surface area contributed by atoms with Gasteiger partial charge in [-0.2, -0.15) is 0 Å². The number of aliphatic carboxylic acids is 2. The molecule has 0 aromatic rings. The summed E-state index contributed by atoms with van der Waals surface area (Å²) in [6, 6.07) is 0. The second kappa shape index (κ2) is 3.90. The molecule has 0 spiro atoms. The number of carbonyl (C=O) groups excluding carboxylic acids is 2. The summed E-state index contributed by atoms with van der Waals surface area (Å²) in [6.45, 7) is 2.76. The fraction of sp³-hybridized carbons (Fsp3) is 0.714. The maximum absolute atomic E-state index is 12.9. The lowest BCUT2D eigenvalue weighted by Crippen LogP contribution is -2.66. The SMILES string of the molecule is COC12C(=O)N3C[C@@](N)(C(=O)O)C[C@@]3(C(=O)O)C(=O)C1C2(C)C. The van der Waals surface area contributed by atoms with Crippen LogP contribution in [-0.2, 0) is 23.9 Å². The van der Waals surface area contributed by atoms with E-state index in [4.69, 9.17) is 10.5 Å². The van der Waals surface area contributed by atoms with Crippen LogP contribution in [0.4, 0.5) is 0 Å². The number of piperidine rings is 1. The van der Waals surface area contributed by atoms with Crippen molar-refractivity contribution in [2.24, 2.45) is 17.1 Å². The number of carboxylic acids is 2. The van der Waals surface area contributed by atoms with Crippen LogP contribution in [0.3, 0.4) is 0 Å². The van der Waals surface area contributed by atoms with Gasteiger partial charge in [-0.3, -0.25) is 14.4 Å². The average Bonchev–Trinajstić information content (AvgIpc) is 2.77. The third-order valence-corrected chi connectivity index (χ3v) is 5.81. The van der Waals surface area contributed by atoms with Crippen molar-refractivity contribution in [3.63, 3.8) is 0 Å². The molecule has 2 saturated heterocycles. The number of nitrogens with zero attached hydrogens (tertiary/aromatic N) is 1. The number of rotatable bonds is 3. The lowest BCUT2D eigenvalue weighted by molar-refractivity contribution is -0.174. The van der Waals surface area contributed by atoms with E-state index in [0.29, 0.717) is 0 Å². The van der Waals surface area contributed by atoms with Crippen molar-refractivity contribution in [1.29, 1.82) is 0 Å². The number of ether oxygens (including phenoxy) is 1. The zero-order valence-electron chi connectivity index (χ0n) is 13.0. The Hall–Kier alpha value is -2.00. The average molecular weight is 326 g/mol. The lowest BCUT2D eigenvalue weighted by atomic mass is 9.80. The number of hydrogen-bond acceptors (Lipinski definition) is 6. The number of methoxy groups -OCH3 is 1. The number of nitrogens with two attached hydrogens (primary N) is 1. The molecule has 0 bridgehead atoms. The smallest absolute Gasteiger partial charge is 0.337 e. The fourth-order valence-electron chi connectivity index (χ4n) is 4.47. The van der Waals surface area contributed by atoms with Crippen LogP contribution in [0.25, 0.3) is 0 Å². The van der Waals surface area contributed by atoms with Gasteiger partial charge in [-0.05, 0) is 0 Å². The van der Waals surface area contributed by atoms with Crippen LogP contribution in [0.1, 0.15) is 20.3 Å². The number of amides is 1. The van der Waals surface area contributed by atoms with Crippen molar-refractivity contribution in [3.05, 3.63) is 0 Å². The van der Waals surface area contributed by atoms with Crippen LogP contribution in [0.5, 0.6) is 0 Å². The molecule has 0 aromatic heterocycles. The van der Waals surface area contributed by atoms with E-state index in [1.807, 2.05) is 0 Å². The molecule has 126 valence electrons. The Kier molecular flexibility index (Phi) is 2.70. The number of carbonyl (C=O) groups is 4. The summed E-state index contributed by atoms with van der Waals surface area (Å²) in [5.74, 6) is -5.35. The number of fused-ring (bicyclic) bond motifs is 2. The first-order valence-corrected chi connectivity index (χ1v) is 7.10. The van der Waals surface area contributed by atoms with E-state index >= 15 is 0 Å². The van der Waals surface area contributed by atoms with Crippen LogP contribution in [0.15, 0.2) is 0 Å². The summed E-state index contributed by atoms with van der Waals surface area (Å²) < 4.78 is 5.32. The molecule has 4 atom stereocenters. The first kappa shape index (κ1) is 15.9. The van der Waals surface area contributed by atoms with Crippen LogP contribution in [-0.4, -0.2) is 69.1 Å². The minimum absolute atomic E-state index is 0.548. The third-order valence-electron chi connectivity index (χ3n) is 5.81. The zero-order chi connectivity index (χ0) is 17.6. The van der Waals surface area contributed by atoms with E-state index < -0.39 is 64.6 Å². The Bertz CT molecular complexity index is 674. The highest BCUT2D eigenvalue weighted by Gasteiger charge is 2.88. The molecule has 3 fully saturated rings. The van der Waals surface area contributed by atoms with Gasteiger partial charge >= 0.3 is 11.9 Å². The van der Waals surface area contributed by atoms with E-state index in [0.717, 1.165) is 4.90 Å². The summed E-state index contributed by atoms with van der Waals surface area (Å²) in [7, 11) is 1.28. The van der Waals surface area contributed by atoms with Gasteiger partial charge in [0, 0.05) is 18.9 Å². The quantitative estimate of drug-likeness (QED) is 0.528.